The lowest BCUT2D eigenvalue weighted by molar-refractivity contribution is 0.767. The lowest BCUT2D eigenvalue weighted by Crippen LogP contribution is -2.04. The second-order valence-corrected chi connectivity index (χ2v) is 3.88. The first-order chi connectivity index (χ1) is 6.75. The molecule has 0 aliphatic carbocycles. The molecule has 14 heavy (non-hydrogen) atoms. The zero-order chi connectivity index (χ0) is 9.97. The number of anilines is 1. The maximum Gasteiger partial charge on any atom is 0.221 e. The van der Waals surface area contributed by atoms with Gasteiger partial charge in [0.1, 0.15) is 6.33 Å². The van der Waals surface area contributed by atoms with E-state index < -0.39 is 0 Å². The van der Waals surface area contributed by atoms with Crippen LogP contribution in [0.3, 0.4) is 0 Å². The van der Waals surface area contributed by atoms with Gasteiger partial charge >= 0.3 is 0 Å². The molecule has 2 heterocycles. The predicted octanol–water partition coefficient (Wildman–Crippen LogP) is 1.19. The fraction of sp³-hybridized carbons (Fsp3) is 0.375. The third kappa shape index (κ3) is 1.90. The van der Waals surface area contributed by atoms with Crippen molar-refractivity contribution in [2.75, 3.05) is 5.32 Å². The molecular weight excluding hydrogens is 198 g/mol. The van der Waals surface area contributed by atoms with Gasteiger partial charge in [-0.05, 0) is 24.5 Å². The summed E-state index contributed by atoms with van der Waals surface area (Å²) in [5, 5.41) is 7.15. The van der Waals surface area contributed by atoms with Gasteiger partial charge in [-0.3, -0.25) is 0 Å². The number of rotatable bonds is 3. The minimum atomic E-state index is 0.748. The van der Waals surface area contributed by atoms with Crippen LogP contribution in [-0.4, -0.2) is 19.1 Å². The molecule has 0 aliphatic rings. The summed E-state index contributed by atoms with van der Waals surface area (Å²) in [6, 6.07) is 2.06. The van der Waals surface area contributed by atoms with E-state index in [-0.39, 0.29) is 0 Å². The maximum atomic E-state index is 4.20. The molecule has 5 nitrogen and oxygen atoms in total. The van der Waals surface area contributed by atoms with Crippen LogP contribution < -0.4 is 5.32 Å². The summed E-state index contributed by atoms with van der Waals surface area (Å²) in [7, 11) is 1.85. The first-order valence-corrected chi connectivity index (χ1v) is 5.03. The standard InChI is InChI=1S/C8H11N5S/c1-6-3-7(14-12-6)4-9-8-10-5-11-13(8)2/h3,5H,4H2,1-2H3,(H,9,10,11). The molecule has 74 valence electrons. The number of nitrogens with zero attached hydrogens (tertiary/aromatic N) is 4. The van der Waals surface area contributed by atoms with Crippen LogP contribution >= 0.6 is 11.5 Å². The summed E-state index contributed by atoms with van der Waals surface area (Å²) in [5.41, 5.74) is 1.06. The fourth-order valence-electron chi connectivity index (χ4n) is 1.12. The van der Waals surface area contributed by atoms with Gasteiger partial charge in [-0.25, -0.2) is 4.68 Å². The van der Waals surface area contributed by atoms with Gasteiger partial charge in [-0.1, -0.05) is 0 Å². The SMILES string of the molecule is Cc1cc(CNc2ncnn2C)sn1. The van der Waals surface area contributed by atoms with Crippen LogP contribution in [-0.2, 0) is 13.6 Å². The van der Waals surface area contributed by atoms with Gasteiger partial charge in [0, 0.05) is 11.9 Å². The van der Waals surface area contributed by atoms with E-state index >= 15 is 0 Å². The molecule has 0 amide bonds. The molecule has 2 aromatic heterocycles. The molecule has 0 aliphatic heterocycles. The molecule has 0 radical (unpaired) electrons. The number of aromatic nitrogens is 4. The monoisotopic (exact) mass is 209 g/mol. The molecule has 0 fully saturated rings. The number of aryl methyl sites for hydroxylation is 2. The highest BCUT2D eigenvalue weighted by molar-refractivity contribution is 7.05. The van der Waals surface area contributed by atoms with E-state index in [1.54, 1.807) is 4.68 Å². The molecule has 1 N–H and O–H groups in total. The Bertz CT molecular complexity index is 419. The van der Waals surface area contributed by atoms with Crippen LogP contribution in [0.1, 0.15) is 10.6 Å². The highest BCUT2D eigenvalue weighted by Gasteiger charge is 2.01. The van der Waals surface area contributed by atoms with Crippen molar-refractivity contribution in [1.82, 2.24) is 19.1 Å². The molecule has 0 aromatic carbocycles. The van der Waals surface area contributed by atoms with Gasteiger partial charge in [0.05, 0.1) is 12.2 Å². The van der Waals surface area contributed by atoms with Crippen molar-refractivity contribution in [3.63, 3.8) is 0 Å². The van der Waals surface area contributed by atoms with Gasteiger partial charge in [-0.2, -0.15) is 14.5 Å². The van der Waals surface area contributed by atoms with E-state index in [1.807, 2.05) is 14.0 Å². The summed E-state index contributed by atoms with van der Waals surface area (Å²) in [6.07, 6.45) is 1.53. The Hall–Kier alpha value is -1.43. The normalized spacial score (nSPS) is 10.4. The molecule has 0 spiro atoms. The van der Waals surface area contributed by atoms with E-state index in [2.05, 4.69) is 25.8 Å². The van der Waals surface area contributed by atoms with Crippen LogP contribution in [0.5, 0.6) is 0 Å². The van der Waals surface area contributed by atoms with Crippen molar-refractivity contribution in [2.24, 2.45) is 7.05 Å². The summed E-state index contributed by atoms with van der Waals surface area (Å²) < 4.78 is 5.90. The molecule has 0 unspecified atom stereocenters. The van der Waals surface area contributed by atoms with Crippen molar-refractivity contribution in [2.45, 2.75) is 13.5 Å². The lowest BCUT2D eigenvalue weighted by atomic mass is 10.4. The van der Waals surface area contributed by atoms with Crippen molar-refractivity contribution < 1.29 is 0 Å². The largest absolute Gasteiger partial charge is 0.349 e. The van der Waals surface area contributed by atoms with Crippen molar-refractivity contribution in [1.29, 1.82) is 0 Å². The Balaban J connectivity index is 1.98. The van der Waals surface area contributed by atoms with Gasteiger partial charge in [-0.15, -0.1) is 0 Å². The molecular formula is C8H11N5S. The summed E-state index contributed by atoms with van der Waals surface area (Å²) in [4.78, 5) is 5.26. The highest BCUT2D eigenvalue weighted by atomic mass is 32.1. The van der Waals surface area contributed by atoms with E-state index in [0.29, 0.717) is 0 Å². The van der Waals surface area contributed by atoms with Crippen molar-refractivity contribution in [3.8, 4) is 0 Å². The quantitative estimate of drug-likeness (QED) is 0.825. The minimum Gasteiger partial charge on any atom is -0.349 e. The Morgan fingerprint density at radius 3 is 3.00 bits per heavy atom. The lowest BCUT2D eigenvalue weighted by Gasteiger charge is -2.01. The van der Waals surface area contributed by atoms with Crippen molar-refractivity contribution in [3.05, 3.63) is 23.0 Å². The van der Waals surface area contributed by atoms with Gasteiger partial charge in [0.2, 0.25) is 5.95 Å². The Labute approximate surface area is 86.0 Å². The van der Waals surface area contributed by atoms with Gasteiger partial charge < -0.3 is 5.32 Å². The smallest absolute Gasteiger partial charge is 0.221 e. The average Bonchev–Trinajstić information content (AvgIpc) is 2.72. The zero-order valence-electron chi connectivity index (χ0n) is 8.06. The first-order valence-electron chi connectivity index (χ1n) is 4.26. The van der Waals surface area contributed by atoms with E-state index in [0.717, 1.165) is 18.2 Å². The Morgan fingerprint density at radius 1 is 1.57 bits per heavy atom. The van der Waals surface area contributed by atoms with E-state index in [4.69, 9.17) is 0 Å². The molecule has 2 rings (SSSR count). The van der Waals surface area contributed by atoms with E-state index in [1.165, 1.54) is 22.7 Å². The summed E-state index contributed by atoms with van der Waals surface area (Å²) in [6.45, 7) is 2.74. The maximum absolute atomic E-state index is 4.20. The summed E-state index contributed by atoms with van der Waals surface area (Å²) in [5.74, 6) is 0.774. The van der Waals surface area contributed by atoms with Crippen LogP contribution in [0.15, 0.2) is 12.4 Å². The predicted molar refractivity (Wildman–Crippen MR) is 55.2 cm³/mol. The third-order valence-corrected chi connectivity index (χ3v) is 2.68. The fourth-order valence-corrected chi connectivity index (χ4v) is 1.80. The topological polar surface area (TPSA) is 55.6 Å². The average molecular weight is 209 g/mol. The van der Waals surface area contributed by atoms with Gasteiger partial charge in [0.25, 0.3) is 0 Å². The Morgan fingerprint density at radius 2 is 2.43 bits per heavy atom. The highest BCUT2D eigenvalue weighted by Crippen LogP contribution is 2.10. The van der Waals surface area contributed by atoms with Gasteiger partial charge in [0.15, 0.2) is 0 Å². The minimum absolute atomic E-state index is 0.748. The molecule has 0 atom stereocenters. The van der Waals surface area contributed by atoms with Crippen LogP contribution in [0, 0.1) is 6.92 Å². The number of hydrogen-bond donors (Lipinski definition) is 1. The molecule has 0 saturated heterocycles. The molecule has 0 saturated carbocycles. The second-order valence-electron chi connectivity index (χ2n) is 3.00. The second kappa shape index (κ2) is 3.75. The van der Waals surface area contributed by atoms with Crippen molar-refractivity contribution >= 4 is 17.5 Å². The number of nitrogens with one attached hydrogen (secondary N) is 1. The van der Waals surface area contributed by atoms with Crippen LogP contribution in [0.25, 0.3) is 0 Å². The molecule has 6 heteroatoms. The molecule has 0 bridgehead atoms. The van der Waals surface area contributed by atoms with Crippen LogP contribution in [0.2, 0.25) is 0 Å². The van der Waals surface area contributed by atoms with E-state index in [9.17, 15) is 0 Å². The molecule has 2 aromatic rings. The van der Waals surface area contributed by atoms with Crippen LogP contribution in [0.4, 0.5) is 5.95 Å². The zero-order valence-corrected chi connectivity index (χ0v) is 8.88. The number of hydrogen-bond acceptors (Lipinski definition) is 5. The Kier molecular flexibility index (Phi) is 2.45. The summed E-state index contributed by atoms with van der Waals surface area (Å²) >= 11 is 1.51. The third-order valence-electron chi connectivity index (χ3n) is 1.81. The first kappa shape index (κ1) is 9.14.